The molecule has 1 aromatic rings. The lowest BCUT2D eigenvalue weighted by atomic mass is 9.91. The summed E-state index contributed by atoms with van der Waals surface area (Å²) in [5, 5.41) is 3.33. The molecule has 0 bridgehead atoms. The van der Waals surface area contributed by atoms with Gasteiger partial charge >= 0.3 is 0 Å². The third kappa shape index (κ3) is 4.25. The van der Waals surface area contributed by atoms with Gasteiger partial charge in [0, 0.05) is 17.3 Å². The number of nitrogens with one attached hydrogen (secondary N) is 1. The first-order valence-corrected chi connectivity index (χ1v) is 7.00. The molecule has 1 fully saturated rings. The Morgan fingerprint density at radius 2 is 1.88 bits per heavy atom. The molecule has 1 saturated heterocycles. The zero-order valence-electron chi connectivity index (χ0n) is 9.92. The Hall–Kier alpha value is -0.670. The number of piperidine rings is 1. The molecule has 1 aromatic carbocycles. The van der Waals surface area contributed by atoms with E-state index in [0.717, 1.165) is 42.4 Å². The summed E-state index contributed by atoms with van der Waals surface area (Å²) in [4.78, 5) is 11.9. The van der Waals surface area contributed by atoms with Crippen LogP contribution >= 0.6 is 15.9 Å². The minimum Gasteiger partial charge on any atom is -0.317 e. The fourth-order valence-corrected chi connectivity index (χ4v) is 2.57. The zero-order valence-corrected chi connectivity index (χ0v) is 11.5. The van der Waals surface area contributed by atoms with Crippen LogP contribution in [0.25, 0.3) is 0 Å². The third-order valence-electron chi connectivity index (χ3n) is 3.29. The van der Waals surface area contributed by atoms with E-state index in [0.29, 0.717) is 18.1 Å². The molecule has 2 nitrogen and oxygen atoms in total. The van der Waals surface area contributed by atoms with Gasteiger partial charge in [-0.2, -0.15) is 0 Å². The number of Topliss-reactive ketones (excluding diaryl/α,β-unsaturated/α-hetero) is 1. The second-order valence-electron chi connectivity index (χ2n) is 4.74. The number of rotatable bonds is 4. The fourth-order valence-electron chi connectivity index (χ4n) is 2.31. The van der Waals surface area contributed by atoms with Gasteiger partial charge in [-0.3, -0.25) is 4.79 Å². The predicted molar refractivity (Wildman–Crippen MR) is 73.1 cm³/mol. The number of carbonyl (C=O) groups is 1. The van der Waals surface area contributed by atoms with Crippen LogP contribution in [0, 0.1) is 5.92 Å². The lowest BCUT2D eigenvalue weighted by Gasteiger charge is -2.21. The molecule has 1 aliphatic heterocycles. The summed E-state index contributed by atoms with van der Waals surface area (Å²) in [6.45, 7) is 2.13. The van der Waals surface area contributed by atoms with Gasteiger partial charge < -0.3 is 5.32 Å². The van der Waals surface area contributed by atoms with Crippen molar-refractivity contribution in [2.45, 2.75) is 25.7 Å². The number of hydrogen-bond acceptors (Lipinski definition) is 2. The van der Waals surface area contributed by atoms with E-state index in [2.05, 4.69) is 21.2 Å². The Bertz CT molecular complexity index is 368. The molecule has 0 saturated carbocycles. The largest absolute Gasteiger partial charge is 0.317 e. The van der Waals surface area contributed by atoms with Crippen molar-refractivity contribution in [2.24, 2.45) is 5.92 Å². The van der Waals surface area contributed by atoms with Crippen molar-refractivity contribution >= 4 is 21.7 Å². The van der Waals surface area contributed by atoms with Crippen LogP contribution < -0.4 is 5.32 Å². The van der Waals surface area contributed by atoms with Gasteiger partial charge in [0.15, 0.2) is 0 Å². The van der Waals surface area contributed by atoms with E-state index in [9.17, 15) is 4.79 Å². The first kappa shape index (κ1) is 12.8. The van der Waals surface area contributed by atoms with Crippen LogP contribution in [-0.4, -0.2) is 18.9 Å². The van der Waals surface area contributed by atoms with Crippen LogP contribution in [0.1, 0.15) is 24.8 Å². The third-order valence-corrected chi connectivity index (χ3v) is 3.82. The van der Waals surface area contributed by atoms with Crippen molar-refractivity contribution in [1.82, 2.24) is 5.32 Å². The molecule has 0 atom stereocenters. The molecule has 0 aromatic heterocycles. The smallest absolute Gasteiger partial charge is 0.137 e. The van der Waals surface area contributed by atoms with Crippen molar-refractivity contribution in [1.29, 1.82) is 0 Å². The van der Waals surface area contributed by atoms with Crippen LogP contribution in [0.5, 0.6) is 0 Å². The molecule has 1 N–H and O–H groups in total. The summed E-state index contributed by atoms with van der Waals surface area (Å²) >= 11 is 3.40. The van der Waals surface area contributed by atoms with Crippen LogP contribution in [0.15, 0.2) is 28.7 Å². The van der Waals surface area contributed by atoms with E-state index in [1.54, 1.807) is 0 Å². The van der Waals surface area contributed by atoms with Gasteiger partial charge in [-0.1, -0.05) is 28.1 Å². The second-order valence-corrected chi connectivity index (χ2v) is 5.66. The minimum atomic E-state index is 0.374. The van der Waals surface area contributed by atoms with Gasteiger partial charge in [0.1, 0.15) is 5.78 Å². The van der Waals surface area contributed by atoms with Gasteiger partial charge in [0.2, 0.25) is 0 Å². The quantitative estimate of drug-likeness (QED) is 0.925. The molecule has 1 aliphatic rings. The van der Waals surface area contributed by atoms with E-state index < -0.39 is 0 Å². The summed E-state index contributed by atoms with van der Waals surface area (Å²) in [5.74, 6) is 0.971. The second kappa shape index (κ2) is 6.31. The summed E-state index contributed by atoms with van der Waals surface area (Å²) in [7, 11) is 0. The average molecular weight is 296 g/mol. The van der Waals surface area contributed by atoms with Gasteiger partial charge in [0.25, 0.3) is 0 Å². The van der Waals surface area contributed by atoms with Gasteiger partial charge in [-0.05, 0) is 49.5 Å². The maximum Gasteiger partial charge on any atom is 0.137 e. The topological polar surface area (TPSA) is 29.1 Å². The predicted octanol–water partition coefficient (Wildman–Crippen LogP) is 2.95. The van der Waals surface area contributed by atoms with E-state index in [4.69, 9.17) is 0 Å². The Morgan fingerprint density at radius 1 is 1.24 bits per heavy atom. The summed E-state index contributed by atoms with van der Waals surface area (Å²) < 4.78 is 1.06. The molecular formula is C14H18BrNO. The number of ketones is 1. The first-order chi connectivity index (χ1) is 8.24. The number of hydrogen-bond donors (Lipinski definition) is 1. The van der Waals surface area contributed by atoms with Gasteiger partial charge in [0.05, 0.1) is 0 Å². The van der Waals surface area contributed by atoms with Gasteiger partial charge in [-0.15, -0.1) is 0 Å². The molecular weight excluding hydrogens is 278 g/mol. The molecule has 2 rings (SSSR count). The van der Waals surface area contributed by atoms with Gasteiger partial charge in [-0.25, -0.2) is 0 Å². The normalized spacial score (nSPS) is 17.0. The fraction of sp³-hybridized carbons (Fsp3) is 0.500. The van der Waals surface area contributed by atoms with Crippen molar-refractivity contribution in [3.8, 4) is 0 Å². The number of halogens is 1. The highest BCUT2D eigenvalue weighted by atomic mass is 79.9. The summed E-state index contributed by atoms with van der Waals surface area (Å²) in [6, 6.07) is 8.02. The van der Waals surface area contributed by atoms with Crippen LogP contribution in [-0.2, 0) is 11.2 Å². The molecule has 1 heterocycles. The summed E-state index contributed by atoms with van der Waals surface area (Å²) in [5.41, 5.74) is 1.12. The van der Waals surface area contributed by atoms with Crippen LogP contribution in [0.4, 0.5) is 0 Å². The molecule has 0 aliphatic carbocycles. The highest BCUT2D eigenvalue weighted by Crippen LogP contribution is 2.18. The standard InChI is InChI=1S/C14H18BrNO/c15-13-3-1-11(2-4-13)9-14(17)10-12-5-7-16-8-6-12/h1-4,12,16H,5-10H2. The molecule has 0 spiro atoms. The minimum absolute atomic E-state index is 0.374. The zero-order chi connectivity index (χ0) is 12.1. The Labute approximate surface area is 111 Å². The Kier molecular flexibility index (Phi) is 4.75. The Balaban J connectivity index is 1.82. The van der Waals surface area contributed by atoms with Crippen molar-refractivity contribution in [3.05, 3.63) is 34.3 Å². The van der Waals surface area contributed by atoms with E-state index in [1.165, 1.54) is 0 Å². The van der Waals surface area contributed by atoms with E-state index >= 15 is 0 Å². The SMILES string of the molecule is O=C(Cc1ccc(Br)cc1)CC1CCNCC1. The number of carbonyl (C=O) groups excluding carboxylic acids is 1. The monoisotopic (exact) mass is 295 g/mol. The van der Waals surface area contributed by atoms with Crippen molar-refractivity contribution in [2.75, 3.05) is 13.1 Å². The van der Waals surface area contributed by atoms with E-state index in [-0.39, 0.29) is 0 Å². The molecule has 17 heavy (non-hydrogen) atoms. The maximum atomic E-state index is 11.9. The van der Waals surface area contributed by atoms with Crippen molar-refractivity contribution in [3.63, 3.8) is 0 Å². The average Bonchev–Trinajstić information content (AvgIpc) is 2.33. The molecule has 0 amide bonds. The highest BCUT2D eigenvalue weighted by Gasteiger charge is 2.16. The van der Waals surface area contributed by atoms with Crippen LogP contribution in [0.2, 0.25) is 0 Å². The lowest BCUT2D eigenvalue weighted by molar-refractivity contribution is -0.119. The number of benzene rings is 1. The molecule has 3 heteroatoms. The van der Waals surface area contributed by atoms with Crippen LogP contribution in [0.3, 0.4) is 0 Å². The maximum absolute atomic E-state index is 11.9. The first-order valence-electron chi connectivity index (χ1n) is 6.21. The van der Waals surface area contributed by atoms with E-state index in [1.807, 2.05) is 24.3 Å². The van der Waals surface area contributed by atoms with Crippen molar-refractivity contribution < 1.29 is 4.79 Å². The highest BCUT2D eigenvalue weighted by molar-refractivity contribution is 9.10. The molecule has 92 valence electrons. The molecule has 0 radical (unpaired) electrons. The Morgan fingerprint density at radius 3 is 2.53 bits per heavy atom. The lowest BCUT2D eigenvalue weighted by Crippen LogP contribution is -2.29. The summed E-state index contributed by atoms with van der Waals surface area (Å²) in [6.07, 6.45) is 3.62. The molecule has 0 unspecified atom stereocenters.